The van der Waals surface area contributed by atoms with Gasteiger partial charge in [0.05, 0.1) is 10.3 Å². The van der Waals surface area contributed by atoms with Crippen molar-refractivity contribution in [2.75, 3.05) is 6.61 Å². The summed E-state index contributed by atoms with van der Waals surface area (Å²) >= 11 is 4.34. The maximum absolute atomic E-state index is 12.6. The SMILES string of the molecule is C=CCOc1cc2sc(=O)oc2cc1C(=O)/C=C/c1ccc(Br)cc1. The predicted octanol–water partition coefficient (Wildman–Crippen LogP) is 5.08. The predicted molar refractivity (Wildman–Crippen MR) is 104 cm³/mol. The second-order valence-corrected chi connectivity index (χ2v) is 6.99. The lowest BCUT2D eigenvalue weighted by molar-refractivity contribution is 0.104. The van der Waals surface area contributed by atoms with E-state index in [4.69, 9.17) is 9.15 Å². The lowest BCUT2D eigenvalue weighted by Crippen LogP contribution is -2.02. The average molecular weight is 417 g/mol. The highest BCUT2D eigenvalue weighted by Gasteiger charge is 2.15. The molecule has 3 aromatic rings. The smallest absolute Gasteiger partial charge is 0.396 e. The first-order valence-corrected chi connectivity index (χ1v) is 8.97. The highest BCUT2D eigenvalue weighted by Crippen LogP contribution is 2.29. The van der Waals surface area contributed by atoms with Gasteiger partial charge in [-0.3, -0.25) is 4.79 Å². The third-order valence-electron chi connectivity index (χ3n) is 3.35. The molecule has 0 N–H and O–H groups in total. The van der Waals surface area contributed by atoms with Crippen LogP contribution in [0.2, 0.25) is 0 Å². The fraction of sp³-hybridized carbons (Fsp3) is 0.0526. The molecule has 6 heteroatoms. The summed E-state index contributed by atoms with van der Waals surface area (Å²) in [5.74, 6) is 0.160. The first-order valence-electron chi connectivity index (χ1n) is 7.36. The molecule has 0 unspecified atom stereocenters. The maximum Gasteiger partial charge on any atom is 0.396 e. The third-order valence-corrected chi connectivity index (χ3v) is 4.67. The summed E-state index contributed by atoms with van der Waals surface area (Å²) in [6, 6.07) is 10.8. The number of carbonyl (C=O) groups is 1. The van der Waals surface area contributed by atoms with E-state index in [0.29, 0.717) is 21.6 Å². The number of fused-ring (bicyclic) bond motifs is 1. The van der Waals surface area contributed by atoms with Gasteiger partial charge in [-0.25, -0.2) is 4.79 Å². The number of hydrogen-bond donors (Lipinski definition) is 0. The molecule has 0 aliphatic heterocycles. The van der Waals surface area contributed by atoms with E-state index in [1.165, 1.54) is 6.08 Å². The topological polar surface area (TPSA) is 56.5 Å². The normalized spacial score (nSPS) is 11.1. The first kappa shape index (κ1) is 17.4. The van der Waals surface area contributed by atoms with Gasteiger partial charge in [0.1, 0.15) is 12.4 Å². The molecule has 1 aromatic heterocycles. The Kier molecular flexibility index (Phi) is 5.31. The minimum atomic E-state index is -0.417. The van der Waals surface area contributed by atoms with Crippen LogP contribution in [0.15, 0.2) is 68.8 Å². The van der Waals surface area contributed by atoms with Crippen molar-refractivity contribution in [3.63, 3.8) is 0 Å². The Morgan fingerprint density at radius 1 is 1.28 bits per heavy atom. The minimum Gasteiger partial charge on any atom is -0.489 e. The number of ketones is 1. The van der Waals surface area contributed by atoms with Gasteiger partial charge in [-0.2, -0.15) is 0 Å². The van der Waals surface area contributed by atoms with Gasteiger partial charge >= 0.3 is 4.94 Å². The zero-order valence-corrected chi connectivity index (χ0v) is 15.4. The largest absolute Gasteiger partial charge is 0.489 e. The van der Waals surface area contributed by atoms with Crippen LogP contribution in [-0.4, -0.2) is 12.4 Å². The summed E-state index contributed by atoms with van der Waals surface area (Å²) < 4.78 is 12.3. The molecular weight excluding hydrogens is 404 g/mol. The van der Waals surface area contributed by atoms with Crippen molar-refractivity contribution in [3.8, 4) is 5.75 Å². The second-order valence-electron chi connectivity index (χ2n) is 5.10. The van der Waals surface area contributed by atoms with E-state index in [0.717, 1.165) is 21.4 Å². The molecule has 0 fully saturated rings. The number of rotatable bonds is 6. The second kappa shape index (κ2) is 7.63. The number of allylic oxidation sites excluding steroid dienone is 1. The number of hydrogen-bond acceptors (Lipinski definition) is 5. The van der Waals surface area contributed by atoms with Crippen LogP contribution in [0.25, 0.3) is 16.4 Å². The molecule has 0 aliphatic carbocycles. The average Bonchev–Trinajstić information content (AvgIpc) is 2.97. The number of benzene rings is 2. The lowest BCUT2D eigenvalue weighted by atomic mass is 10.1. The van der Waals surface area contributed by atoms with Gasteiger partial charge in [0, 0.05) is 10.5 Å². The molecule has 0 atom stereocenters. The van der Waals surface area contributed by atoms with E-state index >= 15 is 0 Å². The van der Waals surface area contributed by atoms with Crippen LogP contribution in [-0.2, 0) is 0 Å². The number of carbonyl (C=O) groups excluding carboxylic acids is 1. The summed E-state index contributed by atoms with van der Waals surface area (Å²) in [6.07, 6.45) is 4.78. The van der Waals surface area contributed by atoms with Crippen molar-refractivity contribution in [3.05, 3.63) is 80.5 Å². The van der Waals surface area contributed by atoms with Gasteiger partial charge in [0.25, 0.3) is 0 Å². The van der Waals surface area contributed by atoms with E-state index in [1.54, 1.807) is 24.3 Å². The van der Waals surface area contributed by atoms with Crippen molar-refractivity contribution in [2.45, 2.75) is 0 Å². The van der Waals surface area contributed by atoms with Gasteiger partial charge in [0.2, 0.25) is 0 Å². The van der Waals surface area contributed by atoms with Crippen LogP contribution in [0.3, 0.4) is 0 Å². The molecule has 1 heterocycles. The van der Waals surface area contributed by atoms with E-state index in [-0.39, 0.29) is 12.4 Å². The summed E-state index contributed by atoms with van der Waals surface area (Å²) in [6.45, 7) is 3.87. The van der Waals surface area contributed by atoms with Crippen LogP contribution in [0, 0.1) is 0 Å². The van der Waals surface area contributed by atoms with Crippen molar-refractivity contribution < 1.29 is 13.9 Å². The fourth-order valence-corrected chi connectivity index (χ4v) is 3.14. The van der Waals surface area contributed by atoms with Gasteiger partial charge in [0.15, 0.2) is 11.4 Å². The quantitative estimate of drug-likeness (QED) is 0.319. The van der Waals surface area contributed by atoms with Crippen LogP contribution >= 0.6 is 27.3 Å². The molecule has 126 valence electrons. The molecule has 4 nitrogen and oxygen atoms in total. The molecule has 0 spiro atoms. The molecule has 25 heavy (non-hydrogen) atoms. The standard InChI is InChI=1S/C19H13BrO4S/c1-2-9-23-16-11-18-17(24-19(22)25-18)10-14(16)15(21)8-5-12-3-6-13(20)7-4-12/h2-8,10-11H,1,9H2/b8-5+. The first-order chi connectivity index (χ1) is 12.1. The van der Waals surface area contributed by atoms with Crippen LogP contribution in [0.5, 0.6) is 5.75 Å². The Morgan fingerprint density at radius 3 is 2.76 bits per heavy atom. The molecule has 0 saturated heterocycles. The van der Waals surface area contributed by atoms with Crippen molar-refractivity contribution in [1.29, 1.82) is 0 Å². The van der Waals surface area contributed by atoms with Crippen LogP contribution < -0.4 is 9.68 Å². The Labute approximate surface area is 156 Å². The molecule has 0 saturated carbocycles. The summed E-state index contributed by atoms with van der Waals surface area (Å²) in [5, 5.41) is 0. The summed E-state index contributed by atoms with van der Waals surface area (Å²) in [4.78, 5) is 23.6. The van der Waals surface area contributed by atoms with Gasteiger partial charge < -0.3 is 9.15 Å². The van der Waals surface area contributed by atoms with E-state index in [1.807, 2.05) is 24.3 Å². The zero-order chi connectivity index (χ0) is 17.8. The highest BCUT2D eigenvalue weighted by molar-refractivity contribution is 9.10. The molecule has 0 amide bonds. The molecular formula is C19H13BrO4S. The molecule has 3 rings (SSSR count). The van der Waals surface area contributed by atoms with Crippen molar-refractivity contribution >= 4 is 49.4 Å². The third kappa shape index (κ3) is 4.15. The Hall–Kier alpha value is -2.44. The van der Waals surface area contributed by atoms with Crippen LogP contribution in [0.1, 0.15) is 15.9 Å². The molecule has 2 aromatic carbocycles. The molecule has 0 bridgehead atoms. The summed E-state index contributed by atoms with van der Waals surface area (Å²) in [5.41, 5.74) is 1.61. The Morgan fingerprint density at radius 2 is 2.04 bits per heavy atom. The lowest BCUT2D eigenvalue weighted by Gasteiger charge is -2.07. The van der Waals surface area contributed by atoms with Gasteiger partial charge in [-0.15, -0.1) is 0 Å². The van der Waals surface area contributed by atoms with Crippen molar-refractivity contribution in [1.82, 2.24) is 0 Å². The molecule has 0 aliphatic rings. The van der Waals surface area contributed by atoms with Gasteiger partial charge in [-0.1, -0.05) is 58.1 Å². The Bertz CT molecular complexity index is 1010. The minimum absolute atomic E-state index is 0.238. The molecule has 0 radical (unpaired) electrons. The summed E-state index contributed by atoms with van der Waals surface area (Å²) in [7, 11) is 0. The van der Waals surface area contributed by atoms with E-state index in [9.17, 15) is 9.59 Å². The zero-order valence-electron chi connectivity index (χ0n) is 13.0. The van der Waals surface area contributed by atoms with E-state index < -0.39 is 4.94 Å². The number of ether oxygens (including phenoxy) is 1. The van der Waals surface area contributed by atoms with Gasteiger partial charge in [-0.05, 0) is 29.8 Å². The monoisotopic (exact) mass is 416 g/mol. The Balaban J connectivity index is 1.96. The van der Waals surface area contributed by atoms with Crippen molar-refractivity contribution in [2.24, 2.45) is 0 Å². The fourth-order valence-electron chi connectivity index (χ4n) is 2.20. The van der Waals surface area contributed by atoms with E-state index in [2.05, 4.69) is 22.5 Å². The highest BCUT2D eigenvalue weighted by atomic mass is 79.9. The maximum atomic E-state index is 12.6. The number of halogens is 1. The van der Waals surface area contributed by atoms with Crippen LogP contribution in [0.4, 0.5) is 0 Å².